The maximum absolute atomic E-state index is 12.3. The van der Waals surface area contributed by atoms with Crippen molar-refractivity contribution in [3.05, 3.63) is 45.6 Å². The van der Waals surface area contributed by atoms with Crippen LogP contribution in [0.2, 0.25) is 5.02 Å². The van der Waals surface area contributed by atoms with Gasteiger partial charge in [-0.2, -0.15) is 5.10 Å². The van der Waals surface area contributed by atoms with E-state index in [2.05, 4.69) is 10.4 Å². The first-order valence-electron chi connectivity index (χ1n) is 7.35. The van der Waals surface area contributed by atoms with Crippen LogP contribution in [-0.2, 0) is 24.3 Å². The lowest BCUT2D eigenvalue weighted by Crippen LogP contribution is -2.30. The zero-order valence-corrected chi connectivity index (χ0v) is 12.8. The van der Waals surface area contributed by atoms with Crippen molar-refractivity contribution in [2.45, 2.75) is 38.8 Å². The van der Waals surface area contributed by atoms with E-state index in [-0.39, 0.29) is 18.1 Å². The zero-order chi connectivity index (χ0) is 15.5. The predicted octanol–water partition coefficient (Wildman–Crippen LogP) is 2.06. The quantitative estimate of drug-likeness (QED) is 0.941. The number of nitrogens with one attached hydrogen (secondary N) is 1. The summed E-state index contributed by atoms with van der Waals surface area (Å²) in [4.78, 5) is 24.3. The van der Waals surface area contributed by atoms with Crippen molar-refractivity contribution in [3.8, 4) is 0 Å². The molecule has 0 radical (unpaired) electrons. The molecule has 1 aliphatic rings. The van der Waals surface area contributed by atoms with Crippen molar-refractivity contribution in [3.63, 3.8) is 0 Å². The van der Waals surface area contributed by atoms with Crippen LogP contribution in [-0.4, -0.2) is 20.3 Å². The molecule has 1 amide bonds. The molecule has 22 heavy (non-hydrogen) atoms. The monoisotopic (exact) mass is 320 g/mol. The second kappa shape index (κ2) is 6.36. The van der Waals surface area contributed by atoms with Crippen LogP contribution in [0.3, 0.4) is 0 Å². The number of aromatic nitrogens is 3. The molecule has 1 N–H and O–H groups in total. The summed E-state index contributed by atoms with van der Waals surface area (Å²) in [5.41, 5.74) is 0.436. The molecule has 6 nitrogen and oxygen atoms in total. The predicted molar refractivity (Wildman–Crippen MR) is 84.1 cm³/mol. The van der Waals surface area contributed by atoms with Crippen LogP contribution in [0.4, 0.5) is 5.69 Å². The summed E-state index contributed by atoms with van der Waals surface area (Å²) in [7, 11) is 0. The number of nitrogens with zero attached hydrogens (tertiary/aromatic N) is 3. The van der Waals surface area contributed by atoms with Gasteiger partial charge >= 0.3 is 5.69 Å². The topological polar surface area (TPSA) is 68.9 Å². The van der Waals surface area contributed by atoms with E-state index in [1.165, 1.54) is 4.68 Å². The molecule has 0 unspecified atom stereocenters. The van der Waals surface area contributed by atoms with Crippen LogP contribution in [0.15, 0.2) is 29.1 Å². The number of carbonyl (C=O) groups is 1. The number of aryl methyl sites for hydroxylation is 1. The SMILES string of the molecule is O=C(Cn1nc2n(c1=O)CCCCC2)Nc1ccc(Cl)cc1. The number of rotatable bonds is 3. The third kappa shape index (κ3) is 3.22. The van der Waals surface area contributed by atoms with Gasteiger partial charge in [-0.1, -0.05) is 18.0 Å². The summed E-state index contributed by atoms with van der Waals surface area (Å²) in [6, 6.07) is 6.82. The van der Waals surface area contributed by atoms with Gasteiger partial charge in [-0.25, -0.2) is 9.48 Å². The Hall–Kier alpha value is -2.08. The van der Waals surface area contributed by atoms with Gasteiger partial charge in [-0.3, -0.25) is 9.36 Å². The highest BCUT2D eigenvalue weighted by Crippen LogP contribution is 2.13. The Morgan fingerprint density at radius 3 is 2.77 bits per heavy atom. The standard InChI is InChI=1S/C15H17ClN4O2/c16-11-5-7-12(8-6-11)17-14(21)10-20-15(22)19-9-3-1-2-4-13(19)18-20/h5-8H,1-4,9-10H2,(H,17,21). The lowest BCUT2D eigenvalue weighted by Gasteiger charge is -2.04. The van der Waals surface area contributed by atoms with E-state index in [1.54, 1.807) is 28.8 Å². The van der Waals surface area contributed by atoms with Gasteiger partial charge in [0.05, 0.1) is 0 Å². The number of benzene rings is 1. The first-order chi connectivity index (χ1) is 10.6. The molecular weight excluding hydrogens is 304 g/mol. The van der Waals surface area contributed by atoms with Crippen molar-refractivity contribution in [1.29, 1.82) is 0 Å². The summed E-state index contributed by atoms with van der Waals surface area (Å²) < 4.78 is 2.93. The van der Waals surface area contributed by atoms with Gasteiger partial charge in [0, 0.05) is 23.7 Å². The molecule has 0 aliphatic carbocycles. The number of carbonyl (C=O) groups excluding carboxylic acids is 1. The Balaban J connectivity index is 1.71. The minimum Gasteiger partial charge on any atom is -0.324 e. The third-order valence-electron chi connectivity index (χ3n) is 3.70. The van der Waals surface area contributed by atoms with E-state index in [0.717, 1.165) is 31.5 Å². The number of hydrogen-bond acceptors (Lipinski definition) is 3. The van der Waals surface area contributed by atoms with Crippen molar-refractivity contribution < 1.29 is 4.79 Å². The average molecular weight is 321 g/mol. The third-order valence-corrected chi connectivity index (χ3v) is 3.95. The Morgan fingerprint density at radius 1 is 1.23 bits per heavy atom. The summed E-state index contributed by atoms with van der Waals surface area (Å²) >= 11 is 5.80. The first-order valence-corrected chi connectivity index (χ1v) is 7.73. The number of halogens is 1. The average Bonchev–Trinajstić information content (AvgIpc) is 2.67. The Labute approximate surface area is 132 Å². The molecule has 0 spiro atoms. The molecular formula is C15H17ClN4O2. The Morgan fingerprint density at radius 2 is 2.00 bits per heavy atom. The second-order valence-corrected chi connectivity index (χ2v) is 5.81. The van der Waals surface area contributed by atoms with Crippen molar-refractivity contribution in [1.82, 2.24) is 14.3 Å². The highest BCUT2D eigenvalue weighted by atomic mass is 35.5. The van der Waals surface area contributed by atoms with Crippen LogP contribution in [0.1, 0.15) is 25.1 Å². The Kier molecular flexibility index (Phi) is 4.29. The van der Waals surface area contributed by atoms with E-state index in [4.69, 9.17) is 11.6 Å². The number of hydrogen-bond donors (Lipinski definition) is 1. The van der Waals surface area contributed by atoms with Crippen molar-refractivity contribution in [2.24, 2.45) is 0 Å². The summed E-state index contributed by atoms with van der Waals surface area (Å²) in [6.07, 6.45) is 3.92. The van der Waals surface area contributed by atoms with Gasteiger partial charge in [0.2, 0.25) is 5.91 Å². The van der Waals surface area contributed by atoms with Crippen LogP contribution in [0, 0.1) is 0 Å². The van der Waals surface area contributed by atoms with Crippen molar-refractivity contribution >= 4 is 23.2 Å². The summed E-state index contributed by atoms with van der Waals surface area (Å²) in [5.74, 6) is 0.500. The van der Waals surface area contributed by atoms with E-state index in [9.17, 15) is 9.59 Å². The fourth-order valence-corrected chi connectivity index (χ4v) is 2.72. The minimum absolute atomic E-state index is 0.0819. The largest absolute Gasteiger partial charge is 0.346 e. The lowest BCUT2D eigenvalue weighted by atomic mass is 10.2. The lowest BCUT2D eigenvalue weighted by molar-refractivity contribution is -0.117. The zero-order valence-electron chi connectivity index (χ0n) is 12.1. The van der Waals surface area contributed by atoms with Gasteiger partial charge < -0.3 is 5.32 Å². The molecule has 0 atom stereocenters. The van der Waals surface area contributed by atoms with E-state index >= 15 is 0 Å². The van der Waals surface area contributed by atoms with E-state index in [0.29, 0.717) is 17.3 Å². The van der Waals surface area contributed by atoms with Gasteiger partial charge in [0.25, 0.3) is 0 Å². The molecule has 3 rings (SSSR count). The molecule has 1 aromatic heterocycles. The van der Waals surface area contributed by atoms with E-state index < -0.39 is 0 Å². The van der Waals surface area contributed by atoms with Crippen LogP contribution < -0.4 is 11.0 Å². The molecule has 1 aliphatic heterocycles. The molecule has 2 aromatic rings. The maximum atomic E-state index is 12.3. The minimum atomic E-state index is -0.280. The molecule has 0 bridgehead atoms. The smallest absolute Gasteiger partial charge is 0.324 e. The van der Waals surface area contributed by atoms with Gasteiger partial charge in [-0.15, -0.1) is 0 Å². The molecule has 2 heterocycles. The molecule has 1 aromatic carbocycles. The van der Waals surface area contributed by atoms with Gasteiger partial charge in [0.1, 0.15) is 12.4 Å². The van der Waals surface area contributed by atoms with Crippen LogP contribution in [0.5, 0.6) is 0 Å². The van der Waals surface area contributed by atoms with E-state index in [1.807, 2.05) is 0 Å². The highest BCUT2D eigenvalue weighted by molar-refractivity contribution is 6.30. The molecule has 0 fully saturated rings. The summed E-state index contributed by atoms with van der Waals surface area (Å²) in [5, 5.41) is 7.63. The molecule has 0 saturated heterocycles. The number of anilines is 1. The molecule has 7 heteroatoms. The Bertz CT molecular complexity index is 733. The maximum Gasteiger partial charge on any atom is 0.346 e. The van der Waals surface area contributed by atoms with Crippen LogP contribution in [0.25, 0.3) is 0 Å². The molecule has 116 valence electrons. The normalized spacial score (nSPS) is 14.2. The highest BCUT2D eigenvalue weighted by Gasteiger charge is 2.17. The van der Waals surface area contributed by atoms with Crippen LogP contribution >= 0.6 is 11.6 Å². The van der Waals surface area contributed by atoms with Crippen molar-refractivity contribution in [2.75, 3.05) is 5.32 Å². The summed E-state index contributed by atoms with van der Waals surface area (Å²) in [6.45, 7) is 0.606. The second-order valence-electron chi connectivity index (χ2n) is 5.37. The first kappa shape index (κ1) is 14.8. The fraction of sp³-hybridized carbons (Fsp3) is 0.400. The molecule has 0 saturated carbocycles. The number of fused-ring (bicyclic) bond motifs is 1. The van der Waals surface area contributed by atoms with Gasteiger partial charge in [-0.05, 0) is 37.1 Å². The van der Waals surface area contributed by atoms with Gasteiger partial charge in [0.15, 0.2) is 0 Å². The fourth-order valence-electron chi connectivity index (χ4n) is 2.60. The number of amides is 1.